The zero-order valence-electron chi connectivity index (χ0n) is 10.4. The molecule has 0 amide bonds. The van der Waals surface area contributed by atoms with E-state index in [0.29, 0.717) is 5.75 Å². The van der Waals surface area contributed by atoms with Crippen LogP contribution in [0.3, 0.4) is 0 Å². The van der Waals surface area contributed by atoms with E-state index in [4.69, 9.17) is 0 Å². The molecule has 90 valence electrons. The van der Waals surface area contributed by atoms with Gasteiger partial charge in [-0.3, -0.25) is 0 Å². The summed E-state index contributed by atoms with van der Waals surface area (Å²) in [7, 11) is 1.99. The predicted octanol–water partition coefficient (Wildman–Crippen LogP) is 3.25. The standard InChI is InChI=1S/C15H14N2O/c1-10-7-8-11(9-14(10)18)15-16-12-5-3-4-6-13(12)17(15)2/h3-9,18H,1-2H3. The van der Waals surface area contributed by atoms with Crippen LogP contribution in [0.25, 0.3) is 22.4 Å². The summed E-state index contributed by atoms with van der Waals surface area (Å²) in [6, 6.07) is 13.7. The van der Waals surface area contributed by atoms with E-state index in [1.165, 1.54) is 0 Å². The van der Waals surface area contributed by atoms with E-state index in [1.54, 1.807) is 6.07 Å². The molecule has 2 aromatic carbocycles. The van der Waals surface area contributed by atoms with Crippen LogP contribution in [0, 0.1) is 6.92 Å². The van der Waals surface area contributed by atoms with Crippen molar-refractivity contribution in [2.24, 2.45) is 7.05 Å². The van der Waals surface area contributed by atoms with Crippen LogP contribution in [0.15, 0.2) is 42.5 Å². The Bertz CT molecular complexity index is 728. The van der Waals surface area contributed by atoms with E-state index >= 15 is 0 Å². The first-order valence-corrected chi connectivity index (χ1v) is 5.88. The molecule has 0 aliphatic carbocycles. The van der Waals surface area contributed by atoms with Gasteiger partial charge in [0.1, 0.15) is 11.6 Å². The van der Waals surface area contributed by atoms with Crippen molar-refractivity contribution in [3.63, 3.8) is 0 Å². The molecule has 0 spiro atoms. The molecule has 1 aromatic heterocycles. The fourth-order valence-corrected chi connectivity index (χ4v) is 2.15. The lowest BCUT2D eigenvalue weighted by Gasteiger charge is -2.04. The molecule has 3 nitrogen and oxygen atoms in total. The Labute approximate surface area is 105 Å². The second-order valence-electron chi connectivity index (χ2n) is 4.48. The molecule has 0 unspecified atom stereocenters. The number of aromatic hydroxyl groups is 1. The highest BCUT2D eigenvalue weighted by molar-refractivity contribution is 5.80. The first kappa shape index (κ1) is 10.8. The third-order valence-electron chi connectivity index (χ3n) is 3.25. The number of aromatic nitrogens is 2. The summed E-state index contributed by atoms with van der Waals surface area (Å²) in [5.74, 6) is 1.17. The maximum absolute atomic E-state index is 9.79. The largest absolute Gasteiger partial charge is 0.508 e. The minimum atomic E-state index is 0.305. The highest BCUT2D eigenvalue weighted by Gasteiger charge is 2.10. The highest BCUT2D eigenvalue weighted by atomic mass is 16.3. The van der Waals surface area contributed by atoms with Crippen LogP contribution in [0.1, 0.15) is 5.56 Å². The molecule has 0 bridgehead atoms. The lowest BCUT2D eigenvalue weighted by atomic mass is 10.1. The number of hydrogen-bond acceptors (Lipinski definition) is 2. The van der Waals surface area contributed by atoms with Crippen molar-refractivity contribution in [2.45, 2.75) is 6.92 Å². The van der Waals surface area contributed by atoms with Crippen LogP contribution in [0.5, 0.6) is 5.75 Å². The van der Waals surface area contributed by atoms with Gasteiger partial charge in [0.15, 0.2) is 0 Å². The minimum Gasteiger partial charge on any atom is -0.508 e. The average molecular weight is 238 g/mol. The molecule has 3 heteroatoms. The number of para-hydroxylation sites is 2. The molecule has 0 saturated heterocycles. The molecule has 1 N–H and O–H groups in total. The summed E-state index contributed by atoms with van der Waals surface area (Å²) in [6.45, 7) is 1.88. The molecule has 18 heavy (non-hydrogen) atoms. The predicted molar refractivity (Wildman–Crippen MR) is 72.6 cm³/mol. The number of nitrogens with zero attached hydrogens (tertiary/aromatic N) is 2. The van der Waals surface area contributed by atoms with Gasteiger partial charge in [0, 0.05) is 12.6 Å². The van der Waals surface area contributed by atoms with Crippen molar-refractivity contribution in [2.75, 3.05) is 0 Å². The van der Waals surface area contributed by atoms with E-state index in [9.17, 15) is 5.11 Å². The number of rotatable bonds is 1. The highest BCUT2D eigenvalue weighted by Crippen LogP contribution is 2.27. The van der Waals surface area contributed by atoms with Crippen LogP contribution in [0.2, 0.25) is 0 Å². The number of benzene rings is 2. The van der Waals surface area contributed by atoms with Gasteiger partial charge in [-0.25, -0.2) is 4.98 Å². The number of aryl methyl sites for hydroxylation is 2. The van der Waals surface area contributed by atoms with Crippen molar-refractivity contribution in [3.8, 4) is 17.1 Å². The van der Waals surface area contributed by atoms with Crippen molar-refractivity contribution in [1.29, 1.82) is 0 Å². The van der Waals surface area contributed by atoms with Gasteiger partial charge < -0.3 is 9.67 Å². The van der Waals surface area contributed by atoms with E-state index < -0.39 is 0 Å². The molecule has 0 aliphatic rings. The van der Waals surface area contributed by atoms with Crippen LogP contribution in [-0.4, -0.2) is 14.7 Å². The Morgan fingerprint density at radius 3 is 2.61 bits per heavy atom. The van der Waals surface area contributed by atoms with Crippen LogP contribution < -0.4 is 0 Å². The summed E-state index contributed by atoms with van der Waals surface area (Å²) >= 11 is 0. The van der Waals surface area contributed by atoms with Gasteiger partial charge in [-0.2, -0.15) is 0 Å². The summed E-state index contributed by atoms with van der Waals surface area (Å²) in [6.07, 6.45) is 0. The molecule has 0 radical (unpaired) electrons. The number of phenols is 1. The molecular weight excluding hydrogens is 224 g/mol. The second kappa shape index (κ2) is 3.88. The minimum absolute atomic E-state index is 0.305. The lowest BCUT2D eigenvalue weighted by molar-refractivity contribution is 0.471. The Hall–Kier alpha value is -2.29. The smallest absolute Gasteiger partial charge is 0.140 e. The average Bonchev–Trinajstić information content (AvgIpc) is 2.71. The van der Waals surface area contributed by atoms with Gasteiger partial charge in [0.25, 0.3) is 0 Å². The SMILES string of the molecule is Cc1ccc(-c2nc3ccccc3n2C)cc1O. The van der Waals surface area contributed by atoms with Gasteiger partial charge in [-0.1, -0.05) is 24.3 Å². The van der Waals surface area contributed by atoms with Crippen molar-refractivity contribution in [3.05, 3.63) is 48.0 Å². The van der Waals surface area contributed by atoms with Crippen molar-refractivity contribution in [1.82, 2.24) is 9.55 Å². The van der Waals surface area contributed by atoms with E-state index in [2.05, 4.69) is 4.98 Å². The van der Waals surface area contributed by atoms with Gasteiger partial charge in [-0.05, 0) is 30.7 Å². The summed E-state index contributed by atoms with van der Waals surface area (Å²) in [5, 5.41) is 9.79. The first-order chi connectivity index (χ1) is 8.66. The van der Waals surface area contributed by atoms with Crippen LogP contribution in [0.4, 0.5) is 0 Å². The van der Waals surface area contributed by atoms with E-state index in [1.807, 2.05) is 54.9 Å². The maximum atomic E-state index is 9.79. The topological polar surface area (TPSA) is 38.0 Å². The van der Waals surface area contributed by atoms with Crippen LogP contribution in [-0.2, 0) is 7.05 Å². The fourth-order valence-electron chi connectivity index (χ4n) is 2.15. The molecule has 0 saturated carbocycles. The third-order valence-corrected chi connectivity index (χ3v) is 3.25. The fraction of sp³-hybridized carbons (Fsp3) is 0.133. The van der Waals surface area contributed by atoms with Gasteiger partial charge >= 0.3 is 0 Å². The maximum Gasteiger partial charge on any atom is 0.140 e. The summed E-state index contributed by atoms with van der Waals surface area (Å²) < 4.78 is 2.04. The zero-order valence-corrected chi connectivity index (χ0v) is 10.4. The van der Waals surface area contributed by atoms with E-state index in [0.717, 1.165) is 28.0 Å². The Morgan fingerprint density at radius 1 is 1.11 bits per heavy atom. The number of imidazole rings is 1. The van der Waals surface area contributed by atoms with E-state index in [-0.39, 0.29) is 0 Å². The zero-order chi connectivity index (χ0) is 12.7. The quantitative estimate of drug-likeness (QED) is 0.706. The molecule has 3 rings (SSSR count). The van der Waals surface area contributed by atoms with Crippen LogP contribution >= 0.6 is 0 Å². The monoisotopic (exact) mass is 238 g/mol. The second-order valence-corrected chi connectivity index (χ2v) is 4.48. The molecule has 3 aromatic rings. The van der Waals surface area contributed by atoms with Gasteiger partial charge in [-0.15, -0.1) is 0 Å². The van der Waals surface area contributed by atoms with Crippen molar-refractivity contribution >= 4 is 11.0 Å². The number of hydrogen-bond donors (Lipinski definition) is 1. The number of fused-ring (bicyclic) bond motifs is 1. The molecular formula is C15H14N2O. The number of phenolic OH excluding ortho intramolecular Hbond substituents is 1. The Balaban J connectivity index is 2.25. The lowest BCUT2D eigenvalue weighted by Crippen LogP contribution is -1.92. The Morgan fingerprint density at radius 2 is 1.89 bits per heavy atom. The third kappa shape index (κ3) is 1.56. The molecule has 0 fully saturated rings. The van der Waals surface area contributed by atoms with Gasteiger partial charge in [0.2, 0.25) is 0 Å². The van der Waals surface area contributed by atoms with Crippen molar-refractivity contribution < 1.29 is 5.11 Å². The Kier molecular flexibility index (Phi) is 2.33. The normalized spacial score (nSPS) is 11.0. The molecule has 1 heterocycles. The first-order valence-electron chi connectivity index (χ1n) is 5.88. The molecule has 0 aliphatic heterocycles. The molecule has 0 atom stereocenters. The van der Waals surface area contributed by atoms with Gasteiger partial charge in [0.05, 0.1) is 11.0 Å². The summed E-state index contributed by atoms with van der Waals surface area (Å²) in [5.41, 5.74) is 3.86. The summed E-state index contributed by atoms with van der Waals surface area (Å²) in [4.78, 5) is 4.61.